The van der Waals surface area contributed by atoms with Gasteiger partial charge in [-0.1, -0.05) is 56.6 Å². The normalized spacial score (nSPS) is 18.5. The number of halogens is 1. The molecule has 3 heterocycles. The SMILES string of the molecule is Cc1ncsc1-c1ccc(CNC(=O)[C@@H]2C[C@@H](O)CC2C(=O)[C@@H](NC(=O)COCCCOCCCCOc2ccc(N3C(=S)N(c4cnc(C#N)c(Cl)c4)C(=O)C3(C)C)cc2)C(C)(C)C)cc1. The van der Waals surface area contributed by atoms with E-state index in [0.717, 1.165) is 34.5 Å². The number of benzene rings is 2. The number of nitrogens with zero attached hydrogens (tertiary/aromatic N) is 5. The van der Waals surface area contributed by atoms with Crippen molar-refractivity contribution >= 4 is 75.1 Å². The Bertz CT molecular complexity index is 2450. The van der Waals surface area contributed by atoms with Gasteiger partial charge in [-0.3, -0.25) is 24.1 Å². The van der Waals surface area contributed by atoms with Crippen molar-refractivity contribution in [2.24, 2.45) is 17.3 Å². The Balaban J connectivity index is 0.856. The van der Waals surface area contributed by atoms with Crippen molar-refractivity contribution in [3.63, 3.8) is 0 Å². The first kappa shape index (κ1) is 51.0. The Morgan fingerprint density at radius 3 is 2.31 bits per heavy atom. The van der Waals surface area contributed by atoms with Crippen LogP contribution in [0, 0.1) is 35.5 Å². The first-order valence-electron chi connectivity index (χ1n) is 22.3. The Kier molecular flexibility index (Phi) is 17.2. The van der Waals surface area contributed by atoms with Crippen molar-refractivity contribution in [1.82, 2.24) is 20.6 Å². The molecule has 1 aliphatic carbocycles. The highest BCUT2D eigenvalue weighted by Crippen LogP contribution is 2.39. The molecule has 2 aromatic heterocycles. The van der Waals surface area contributed by atoms with E-state index in [0.29, 0.717) is 43.4 Å². The molecule has 4 atom stereocenters. The molecule has 4 aromatic rings. The summed E-state index contributed by atoms with van der Waals surface area (Å²) in [5.41, 5.74) is 4.25. The second-order valence-electron chi connectivity index (χ2n) is 18.3. The molecule has 18 heteroatoms. The third kappa shape index (κ3) is 12.6. The van der Waals surface area contributed by atoms with E-state index in [9.17, 15) is 29.5 Å². The highest BCUT2D eigenvalue weighted by molar-refractivity contribution is 7.81. The molecule has 356 valence electrons. The number of nitrogens with one attached hydrogen (secondary N) is 2. The Morgan fingerprint density at radius 2 is 1.66 bits per heavy atom. The maximum Gasteiger partial charge on any atom is 0.259 e. The number of rotatable bonds is 21. The van der Waals surface area contributed by atoms with Gasteiger partial charge in [0.1, 0.15) is 24.0 Å². The van der Waals surface area contributed by atoms with Crippen LogP contribution in [0.5, 0.6) is 5.75 Å². The molecule has 1 saturated heterocycles. The van der Waals surface area contributed by atoms with Gasteiger partial charge in [0, 0.05) is 38.0 Å². The number of amides is 3. The number of aliphatic hydroxyl groups is 1. The molecule has 0 radical (unpaired) electrons. The number of aromatic nitrogens is 2. The molecule has 67 heavy (non-hydrogen) atoms. The molecule has 2 aromatic carbocycles. The summed E-state index contributed by atoms with van der Waals surface area (Å²) in [5, 5.41) is 26.0. The lowest BCUT2D eigenvalue weighted by Gasteiger charge is -2.33. The third-order valence-corrected chi connectivity index (χ3v) is 13.5. The number of carbonyl (C=O) groups excluding carboxylic acids is 4. The number of pyridine rings is 1. The average Bonchev–Trinajstić information content (AvgIpc) is 3.96. The molecule has 0 spiro atoms. The largest absolute Gasteiger partial charge is 0.494 e. The predicted octanol–water partition coefficient (Wildman–Crippen LogP) is 7.34. The van der Waals surface area contributed by atoms with Gasteiger partial charge >= 0.3 is 0 Å². The van der Waals surface area contributed by atoms with Crippen molar-refractivity contribution in [2.75, 3.05) is 42.8 Å². The minimum Gasteiger partial charge on any atom is -0.494 e. The number of aliphatic hydroxyl groups excluding tert-OH is 1. The zero-order valence-electron chi connectivity index (χ0n) is 38.7. The molecule has 15 nitrogen and oxygen atoms in total. The minimum atomic E-state index is -0.995. The van der Waals surface area contributed by atoms with Crippen LogP contribution >= 0.6 is 35.2 Å². The lowest BCUT2D eigenvalue weighted by Crippen LogP contribution is -2.53. The van der Waals surface area contributed by atoms with Crippen molar-refractivity contribution in [1.29, 1.82) is 5.26 Å². The fraction of sp³-hybridized carbons (Fsp3) is 0.469. The number of ketones is 1. The quantitative estimate of drug-likeness (QED) is 0.0555. The number of thiazole rings is 1. The van der Waals surface area contributed by atoms with E-state index < -0.39 is 40.8 Å². The summed E-state index contributed by atoms with van der Waals surface area (Å²) in [7, 11) is 0. The van der Waals surface area contributed by atoms with Crippen molar-refractivity contribution < 1.29 is 38.5 Å². The Morgan fingerprint density at radius 1 is 0.985 bits per heavy atom. The summed E-state index contributed by atoms with van der Waals surface area (Å²) in [4.78, 5) is 66.6. The molecular formula is C49H58ClN7O8S2. The van der Waals surface area contributed by atoms with Crippen LogP contribution in [-0.2, 0) is 35.2 Å². The number of ether oxygens (including phenoxy) is 3. The molecule has 3 amide bonds. The summed E-state index contributed by atoms with van der Waals surface area (Å²) < 4.78 is 17.3. The second-order valence-corrected chi connectivity index (χ2v) is 19.9. The molecule has 2 aliphatic rings. The molecule has 6 rings (SSSR count). The maximum absolute atomic E-state index is 14.0. The van der Waals surface area contributed by atoms with E-state index in [2.05, 4.69) is 20.6 Å². The van der Waals surface area contributed by atoms with Gasteiger partial charge in [-0.15, -0.1) is 11.3 Å². The minimum absolute atomic E-state index is 0.0622. The van der Waals surface area contributed by atoms with Gasteiger partial charge in [0.15, 0.2) is 16.6 Å². The summed E-state index contributed by atoms with van der Waals surface area (Å²) in [5.74, 6) is -2.06. The van der Waals surface area contributed by atoms with E-state index in [1.807, 2.05) is 87.8 Å². The predicted molar refractivity (Wildman–Crippen MR) is 261 cm³/mol. The van der Waals surface area contributed by atoms with Crippen LogP contribution in [0.25, 0.3) is 10.4 Å². The molecule has 1 unspecified atom stereocenters. The van der Waals surface area contributed by atoms with Gasteiger partial charge in [0.25, 0.3) is 5.91 Å². The van der Waals surface area contributed by atoms with Crippen LogP contribution < -0.4 is 25.2 Å². The monoisotopic (exact) mass is 971 g/mol. The topological polar surface area (TPSA) is 196 Å². The van der Waals surface area contributed by atoms with Gasteiger partial charge in [0.2, 0.25) is 11.8 Å². The number of thiocarbonyl (C=S) groups is 1. The van der Waals surface area contributed by atoms with Crippen LogP contribution in [0.15, 0.2) is 66.3 Å². The van der Waals surface area contributed by atoms with Crippen LogP contribution in [0.1, 0.15) is 83.7 Å². The Hall–Kier alpha value is -5.35. The highest BCUT2D eigenvalue weighted by Gasteiger charge is 2.51. The molecule has 2 fully saturated rings. The molecule has 1 saturated carbocycles. The average molecular weight is 973 g/mol. The number of anilines is 2. The smallest absolute Gasteiger partial charge is 0.259 e. The van der Waals surface area contributed by atoms with Gasteiger partial charge in [-0.05, 0) is 112 Å². The second kappa shape index (κ2) is 22.6. The number of carbonyl (C=O) groups is 4. The van der Waals surface area contributed by atoms with Crippen LogP contribution in [0.2, 0.25) is 5.02 Å². The number of nitriles is 1. The number of hydrogen-bond acceptors (Lipinski definition) is 13. The van der Waals surface area contributed by atoms with E-state index in [-0.39, 0.29) is 66.0 Å². The number of aryl methyl sites for hydroxylation is 1. The highest BCUT2D eigenvalue weighted by atomic mass is 35.5. The zero-order valence-corrected chi connectivity index (χ0v) is 41.1. The fourth-order valence-corrected chi connectivity index (χ4v) is 9.76. The standard InChI is InChI=1S/C49H58ClN7O8S2/c1-30-43(67-29-54-30)32-12-10-31(11-13-32)26-53-45(61)38-24-35(58)23-37(38)42(60)44(48(2,3)4)55-41(59)28-64-20-9-19-63-18-7-8-21-65-36-16-14-33(15-17-36)57-47(66)56(46(62)49(57,5)6)34-22-39(50)40(25-51)52-27-34/h10-17,22,27,29,35,37-38,44,58H,7-9,18-21,23-24,26,28H2,1-6H3,(H,53,61)(H,55,59)/t35-,37?,38+,44+/m0/s1. The molecular weight excluding hydrogens is 914 g/mol. The lowest BCUT2D eigenvalue weighted by molar-refractivity contribution is -0.138. The third-order valence-electron chi connectivity index (χ3n) is 11.8. The Labute approximate surface area is 406 Å². The number of Topliss-reactive ketones (excluding diaryl/α,β-unsaturated/α-hetero) is 1. The van der Waals surface area contributed by atoms with Crippen LogP contribution in [0.4, 0.5) is 11.4 Å². The van der Waals surface area contributed by atoms with E-state index in [4.69, 9.17) is 38.0 Å². The van der Waals surface area contributed by atoms with Crippen LogP contribution in [0.3, 0.4) is 0 Å². The number of hydrogen-bond donors (Lipinski definition) is 3. The van der Waals surface area contributed by atoms with Gasteiger partial charge < -0.3 is 34.9 Å². The molecule has 1 aliphatic heterocycles. The first-order chi connectivity index (χ1) is 31.9. The van der Waals surface area contributed by atoms with Gasteiger partial charge in [0.05, 0.1) is 57.7 Å². The summed E-state index contributed by atoms with van der Waals surface area (Å²) in [6, 6.07) is 17.8. The number of unbranched alkanes of at least 4 members (excludes halogenated alkanes) is 1. The van der Waals surface area contributed by atoms with E-state index >= 15 is 0 Å². The first-order valence-corrected chi connectivity index (χ1v) is 24.0. The summed E-state index contributed by atoms with van der Waals surface area (Å²) >= 11 is 13.5. The summed E-state index contributed by atoms with van der Waals surface area (Å²) in [6.45, 7) is 12.9. The van der Waals surface area contributed by atoms with Gasteiger partial charge in [-0.25, -0.2) is 9.97 Å². The van der Waals surface area contributed by atoms with Crippen molar-refractivity contribution in [3.05, 3.63) is 88.3 Å². The fourth-order valence-electron chi connectivity index (χ4n) is 8.23. The van der Waals surface area contributed by atoms with Crippen molar-refractivity contribution in [3.8, 4) is 22.3 Å². The van der Waals surface area contributed by atoms with E-state index in [1.165, 1.54) is 17.2 Å². The van der Waals surface area contributed by atoms with Gasteiger partial charge in [-0.2, -0.15) is 5.26 Å². The molecule has 3 N–H and O–H groups in total. The maximum atomic E-state index is 14.0. The molecule has 0 bridgehead atoms. The zero-order chi connectivity index (χ0) is 48.5. The van der Waals surface area contributed by atoms with Crippen molar-refractivity contribution in [2.45, 2.75) is 97.9 Å². The van der Waals surface area contributed by atoms with E-state index in [1.54, 1.807) is 30.1 Å². The van der Waals surface area contributed by atoms with Crippen LogP contribution in [-0.4, -0.2) is 94.4 Å². The lowest BCUT2D eigenvalue weighted by atomic mass is 9.77. The summed E-state index contributed by atoms with van der Waals surface area (Å²) in [6.07, 6.45) is 3.03.